The van der Waals surface area contributed by atoms with Gasteiger partial charge in [-0.25, -0.2) is 9.59 Å². The number of dihydropyridines is 1. The highest BCUT2D eigenvalue weighted by molar-refractivity contribution is 6.04. The Bertz CT molecular complexity index is 1290. The number of nitrogens with one attached hydrogen (secondary N) is 1. The third-order valence-electron chi connectivity index (χ3n) is 5.88. The van der Waals surface area contributed by atoms with Gasteiger partial charge in [0.1, 0.15) is 6.61 Å². The highest BCUT2D eigenvalue weighted by Gasteiger charge is 2.37. The molecule has 0 spiro atoms. The minimum absolute atomic E-state index is 0.134. The fourth-order valence-corrected chi connectivity index (χ4v) is 4.17. The van der Waals surface area contributed by atoms with E-state index in [0.717, 1.165) is 16.7 Å². The van der Waals surface area contributed by atoms with Crippen molar-refractivity contribution < 1.29 is 19.1 Å². The summed E-state index contributed by atoms with van der Waals surface area (Å²) in [6.07, 6.45) is 3.78. The molecule has 1 heterocycles. The zero-order chi connectivity index (χ0) is 25.3. The molecule has 1 unspecified atom stereocenters. The van der Waals surface area contributed by atoms with Crippen molar-refractivity contribution in [2.45, 2.75) is 20.5 Å². The maximum atomic E-state index is 13.4. The summed E-state index contributed by atoms with van der Waals surface area (Å²) in [5.74, 6) is -1.63. The molecule has 0 bridgehead atoms. The summed E-state index contributed by atoms with van der Waals surface area (Å²) >= 11 is 0. The lowest BCUT2D eigenvalue weighted by Gasteiger charge is -2.30. The number of benzene rings is 3. The molecule has 1 N–H and O–H groups in total. The van der Waals surface area contributed by atoms with Crippen molar-refractivity contribution in [3.8, 4) is 0 Å². The van der Waals surface area contributed by atoms with Crippen LogP contribution >= 0.6 is 0 Å². The number of ether oxygens (including phenoxy) is 2. The molecule has 1 aliphatic rings. The van der Waals surface area contributed by atoms with Gasteiger partial charge in [-0.05, 0) is 30.5 Å². The van der Waals surface area contributed by atoms with Gasteiger partial charge in [-0.3, -0.25) is 0 Å². The zero-order valence-corrected chi connectivity index (χ0v) is 20.4. The van der Waals surface area contributed by atoms with Crippen LogP contribution in [0.15, 0.2) is 114 Å². The molecule has 182 valence electrons. The lowest BCUT2D eigenvalue weighted by atomic mass is 9.83. The van der Waals surface area contributed by atoms with Crippen LogP contribution < -0.4 is 5.32 Å². The first-order valence-corrected chi connectivity index (χ1v) is 12.0. The van der Waals surface area contributed by atoms with Gasteiger partial charge < -0.3 is 14.8 Å². The van der Waals surface area contributed by atoms with Gasteiger partial charge >= 0.3 is 11.9 Å². The van der Waals surface area contributed by atoms with E-state index in [1.165, 1.54) is 0 Å². The Morgan fingerprint density at radius 1 is 0.806 bits per heavy atom. The van der Waals surface area contributed by atoms with Gasteiger partial charge in [0.2, 0.25) is 0 Å². The van der Waals surface area contributed by atoms with Gasteiger partial charge in [-0.2, -0.15) is 0 Å². The molecule has 36 heavy (non-hydrogen) atoms. The molecule has 3 aromatic carbocycles. The molecule has 1 aliphatic heterocycles. The van der Waals surface area contributed by atoms with Crippen LogP contribution in [0.3, 0.4) is 0 Å². The van der Waals surface area contributed by atoms with E-state index in [2.05, 4.69) is 5.32 Å². The van der Waals surface area contributed by atoms with Gasteiger partial charge in [-0.15, -0.1) is 0 Å². The molecule has 0 saturated heterocycles. The Kier molecular flexibility index (Phi) is 8.14. The zero-order valence-electron chi connectivity index (χ0n) is 20.4. The standard InChI is InChI=1S/C31H29NO4/c1-3-35-31(34)28-26(20-19-23-13-7-4-8-14-23)27(30(33)36-21-24-15-9-5-10-16-24)22(2)32-29(28)25-17-11-6-12-18-25/h4-20,26,32H,3,21H2,1-2H3/b20-19+. The third kappa shape index (κ3) is 5.81. The molecule has 5 nitrogen and oxygen atoms in total. The smallest absolute Gasteiger partial charge is 0.337 e. The van der Waals surface area contributed by atoms with Gasteiger partial charge in [0, 0.05) is 11.6 Å². The highest BCUT2D eigenvalue weighted by atomic mass is 16.5. The summed E-state index contributed by atoms with van der Waals surface area (Å²) in [5.41, 5.74) is 4.66. The lowest BCUT2D eigenvalue weighted by Crippen LogP contribution is -2.33. The van der Waals surface area contributed by atoms with E-state index in [0.29, 0.717) is 22.5 Å². The van der Waals surface area contributed by atoms with Crippen molar-refractivity contribution >= 4 is 23.7 Å². The minimum Gasteiger partial charge on any atom is -0.463 e. The second-order valence-electron chi connectivity index (χ2n) is 8.35. The van der Waals surface area contributed by atoms with E-state index in [1.54, 1.807) is 6.92 Å². The van der Waals surface area contributed by atoms with Crippen molar-refractivity contribution in [1.29, 1.82) is 0 Å². The minimum atomic E-state index is -0.663. The Hall–Kier alpha value is -4.38. The average Bonchev–Trinajstić information content (AvgIpc) is 2.92. The van der Waals surface area contributed by atoms with Crippen LogP contribution in [0.5, 0.6) is 0 Å². The van der Waals surface area contributed by atoms with Crippen LogP contribution in [-0.2, 0) is 25.7 Å². The van der Waals surface area contributed by atoms with E-state index >= 15 is 0 Å². The Labute approximate surface area is 211 Å². The lowest BCUT2D eigenvalue weighted by molar-refractivity contribution is -0.141. The maximum Gasteiger partial charge on any atom is 0.337 e. The molecule has 0 fully saturated rings. The highest BCUT2D eigenvalue weighted by Crippen LogP contribution is 2.36. The van der Waals surface area contributed by atoms with Crippen LogP contribution in [0.25, 0.3) is 11.8 Å². The summed E-state index contributed by atoms with van der Waals surface area (Å²) in [6.45, 7) is 3.95. The van der Waals surface area contributed by atoms with E-state index < -0.39 is 17.9 Å². The molecule has 0 aromatic heterocycles. The fourth-order valence-electron chi connectivity index (χ4n) is 4.17. The second kappa shape index (κ2) is 11.8. The van der Waals surface area contributed by atoms with E-state index in [-0.39, 0.29) is 13.2 Å². The third-order valence-corrected chi connectivity index (χ3v) is 5.88. The molecular weight excluding hydrogens is 450 g/mol. The molecule has 5 heteroatoms. The fraction of sp³-hybridized carbons (Fsp3) is 0.161. The normalized spacial score (nSPS) is 15.6. The van der Waals surface area contributed by atoms with E-state index in [9.17, 15) is 9.59 Å². The number of carbonyl (C=O) groups is 2. The predicted octanol–water partition coefficient (Wildman–Crippen LogP) is 5.91. The first-order valence-electron chi connectivity index (χ1n) is 12.0. The Balaban J connectivity index is 1.78. The number of esters is 2. The number of hydrogen-bond donors (Lipinski definition) is 1. The van der Waals surface area contributed by atoms with Gasteiger partial charge in [0.15, 0.2) is 0 Å². The molecule has 0 amide bonds. The summed E-state index contributed by atoms with van der Waals surface area (Å²) in [7, 11) is 0. The second-order valence-corrected chi connectivity index (χ2v) is 8.35. The first kappa shape index (κ1) is 24.7. The van der Waals surface area contributed by atoms with Crippen LogP contribution in [0.1, 0.15) is 30.5 Å². The van der Waals surface area contributed by atoms with E-state index in [4.69, 9.17) is 9.47 Å². The van der Waals surface area contributed by atoms with Crippen LogP contribution in [-0.4, -0.2) is 18.5 Å². The summed E-state index contributed by atoms with van der Waals surface area (Å²) in [4.78, 5) is 26.8. The monoisotopic (exact) mass is 479 g/mol. The van der Waals surface area contributed by atoms with Crippen LogP contribution in [0.2, 0.25) is 0 Å². The Morgan fingerprint density at radius 3 is 2.03 bits per heavy atom. The number of allylic oxidation sites excluding steroid dienone is 2. The molecule has 0 saturated carbocycles. The number of carbonyl (C=O) groups excluding carboxylic acids is 2. The van der Waals surface area contributed by atoms with Gasteiger partial charge in [-0.1, -0.05) is 103 Å². The summed E-state index contributed by atoms with van der Waals surface area (Å²) in [5, 5.41) is 3.30. The molecule has 4 rings (SSSR count). The molecule has 0 aliphatic carbocycles. The largest absolute Gasteiger partial charge is 0.463 e. The molecule has 0 radical (unpaired) electrons. The van der Waals surface area contributed by atoms with Crippen molar-refractivity contribution in [1.82, 2.24) is 5.32 Å². The SMILES string of the molecule is CCOC(=O)C1=C(c2ccccc2)NC(C)=C(C(=O)OCc2ccccc2)C1/C=C/c1ccccc1. The average molecular weight is 480 g/mol. The summed E-state index contributed by atoms with van der Waals surface area (Å²) in [6, 6.07) is 28.8. The predicted molar refractivity (Wildman–Crippen MR) is 141 cm³/mol. The summed E-state index contributed by atoms with van der Waals surface area (Å²) < 4.78 is 11.2. The molecule has 1 atom stereocenters. The van der Waals surface area contributed by atoms with Crippen molar-refractivity contribution in [3.63, 3.8) is 0 Å². The first-order chi connectivity index (χ1) is 17.6. The van der Waals surface area contributed by atoms with Crippen LogP contribution in [0.4, 0.5) is 0 Å². The van der Waals surface area contributed by atoms with Gasteiger partial charge in [0.05, 0.1) is 23.5 Å². The number of rotatable bonds is 8. The maximum absolute atomic E-state index is 13.4. The molecule has 3 aromatic rings. The molecular formula is C31H29NO4. The topological polar surface area (TPSA) is 64.6 Å². The van der Waals surface area contributed by atoms with Crippen molar-refractivity contribution in [3.05, 3.63) is 131 Å². The van der Waals surface area contributed by atoms with Crippen molar-refractivity contribution in [2.24, 2.45) is 5.92 Å². The van der Waals surface area contributed by atoms with Crippen molar-refractivity contribution in [2.75, 3.05) is 6.61 Å². The van der Waals surface area contributed by atoms with Gasteiger partial charge in [0.25, 0.3) is 0 Å². The van der Waals surface area contributed by atoms with E-state index in [1.807, 2.05) is 110 Å². The van der Waals surface area contributed by atoms with Crippen LogP contribution in [0, 0.1) is 5.92 Å². The Morgan fingerprint density at radius 2 is 1.39 bits per heavy atom. The quantitative estimate of drug-likeness (QED) is 0.407. The number of hydrogen-bond acceptors (Lipinski definition) is 5.